The molecule has 256 valence electrons. The van der Waals surface area contributed by atoms with Crippen molar-refractivity contribution in [3.05, 3.63) is 95.7 Å². The highest BCUT2D eigenvalue weighted by molar-refractivity contribution is 5.79. The van der Waals surface area contributed by atoms with Crippen LogP contribution in [0.15, 0.2) is 73.2 Å². The largest absolute Gasteiger partial charge is 0.500 e. The smallest absolute Gasteiger partial charge is 0.257 e. The molecule has 7 heteroatoms. The number of hydrogen-bond donors (Lipinski definition) is 0. The zero-order valence-corrected chi connectivity index (χ0v) is 28.9. The summed E-state index contributed by atoms with van der Waals surface area (Å²) in [5.74, 6) is -0.695. The third kappa shape index (κ3) is 9.56. The molecule has 2 N–H and O–H groups in total. The maximum Gasteiger partial charge on any atom is 0.257 e. The van der Waals surface area contributed by atoms with Gasteiger partial charge in [0, 0.05) is 12.5 Å². The Hall–Kier alpha value is -3.45. The fraction of sp³-hybridized carbons (Fsp3) is 0.500. The number of methoxy groups -OCH3 is 1. The number of fused-ring (bicyclic) bond motifs is 1. The zero-order chi connectivity index (χ0) is 33.5. The van der Waals surface area contributed by atoms with Gasteiger partial charge < -0.3 is 10.2 Å². The Labute approximate surface area is 279 Å². The summed E-state index contributed by atoms with van der Waals surface area (Å²) in [5, 5.41) is 0. The van der Waals surface area contributed by atoms with Gasteiger partial charge in [0.15, 0.2) is 0 Å². The Kier molecular flexibility index (Phi) is 13.4. The SMILES string of the molecule is C=C(C)/C=C(\OC)C1(C(C)(F)F)CC1.C=CCc1ccc(-c2cnc3cc(CCCC4CCC(CC)CC4)c(C)cc3n2)cc1F.O. The average molecular weight is 651 g/mol. The molecule has 5 rings (SSSR count). The van der Waals surface area contributed by atoms with Crippen molar-refractivity contribution in [2.45, 2.75) is 104 Å². The first-order valence-corrected chi connectivity index (χ1v) is 16.9. The van der Waals surface area contributed by atoms with Crippen molar-refractivity contribution >= 4 is 11.0 Å². The molecular weight excluding hydrogens is 597 g/mol. The maximum absolute atomic E-state index is 14.3. The molecule has 2 aliphatic carbocycles. The number of alkyl halides is 2. The first kappa shape index (κ1) is 38.0. The van der Waals surface area contributed by atoms with Gasteiger partial charge in [0.1, 0.15) is 11.6 Å². The molecule has 2 fully saturated rings. The molecule has 0 amide bonds. The zero-order valence-electron chi connectivity index (χ0n) is 28.9. The van der Waals surface area contributed by atoms with Crippen LogP contribution >= 0.6 is 0 Å². The first-order chi connectivity index (χ1) is 21.9. The van der Waals surface area contributed by atoms with E-state index >= 15 is 0 Å². The summed E-state index contributed by atoms with van der Waals surface area (Å²) < 4.78 is 46.0. The minimum atomic E-state index is -2.72. The quantitative estimate of drug-likeness (QED) is 0.111. The van der Waals surface area contributed by atoms with Crippen LogP contribution in [0.4, 0.5) is 13.2 Å². The van der Waals surface area contributed by atoms with Gasteiger partial charge in [-0.05, 0) is 98.8 Å². The van der Waals surface area contributed by atoms with E-state index in [1.807, 2.05) is 6.07 Å². The van der Waals surface area contributed by atoms with E-state index in [4.69, 9.17) is 9.72 Å². The van der Waals surface area contributed by atoms with Crippen LogP contribution in [0.2, 0.25) is 0 Å². The second kappa shape index (κ2) is 16.6. The number of allylic oxidation sites excluding steroid dienone is 4. The fourth-order valence-corrected chi connectivity index (χ4v) is 6.80. The average Bonchev–Trinajstić information content (AvgIpc) is 3.84. The van der Waals surface area contributed by atoms with Gasteiger partial charge in [-0.25, -0.2) is 18.2 Å². The van der Waals surface area contributed by atoms with E-state index in [-0.39, 0.29) is 11.3 Å². The van der Waals surface area contributed by atoms with E-state index in [2.05, 4.69) is 44.1 Å². The monoisotopic (exact) mass is 650 g/mol. The predicted molar refractivity (Wildman–Crippen MR) is 188 cm³/mol. The number of ether oxygens (including phenoxy) is 1. The molecule has 1 aromatic heterocycles. The number of nitrogens with zero attached hydrogens (tertiary/aromatic N) is 2. The van der Waals surface area contributed by atoms with Crippen molar-refractivity contribution in [1.29, 1.82) is 0 Å². The number of rotatable bonds is 12. The Balaban J connectivity index is 0.000000338. The van der Waals surface area contributed by atoms with Crippen LogP contribution in [0.3, 0.4) is 0 Å². The summed E-state index contributed by atoms with van der Waals surface area (Å²) in [7, 11) is 1.43. The lowest BCUT2D eigenvalue weighted by Gasteiger charge is -2.27. The number of aromatic nitrogens is 2. The second-order valence-electron chi connectivity index (χ2n) is 13.5. The second-order valence-corrected chi connectivity index (χ2v) is 13.5. The molecule has 0 atom stereocenters. The summed E-state index contributed by atoms with van der Waals surface area (Å²) in [6, 6.07) is 9.59. The van der Waals surface area contributed by atoms with Gasteiger partial charge in [0.25, 0.3) is 5.92 Å². The molecule has 0 spiro atoms. The highest BCUT2D eigenvalue weighted by atomic mass is 19.3. The van der Waals surface area contributed by atoms with Gasteiger partial charge in [0.05, 0.1) is 35.4 Å². The van der Waals surface area contributed by atoms with E-state index in [9.17, 15) is 13.2 Å². The van der Waals surface area contributed by atoms with Crippen LogP contribution in [0, 0.1) is 30.0 Å². The van der Waals surface area contributed by atoms with Crippen LogP contribution in [0.25, 0.3) is 22.3 Å². The molecule has 2 saturated carbocycles. The van der Waals surface area contributed by atoms with E-state index in [1.165, 1.54) is 63.2 Å². The van der Waals surface area contributed by atoms with Crippen molar-refractivity contribution < 1.29 is 23.4 Å². The van der Waals surface area contributed by atoms with Crippen LogP contribution in [-0.4, -0.2) is 28.5 Å². The van der Waals surface area contributed by atoms with E-state index in [1.54, 1.807) is 37.4 Å². The standard InChI is InChI=1S/C29H35FN2.C11H16F2O.H2O/c1-4-7-23-14-15-25(17-26(23)30)29-19-31-27-18-24(20(3)16-28(27)32-29)9-6-8-22-12-10-21(5-2)11-13-22;1-8(2)7-9(14-4)11(5-6-11)10(3,12)13;/h4,14-19,21-22H,1,5-13H2,2-3H3;7H,1,5-6H2,2-4H3;1H2/b;9-7-;. The molecule has 47 heavy (non-hydrogen) atoms. The molecular formula is C40H53F3N2O2. The Morgan fingerprint density at radius 3 is 2.30 bits per heavy atom. The maximum atomic E-state index is 14.3. The van der Waals surface area contributed by atoms with E-state index in [0.717, 1.165) is 47.4 Å². The summed E-state index contributed by atoms with van der Waals surface area (Å²) in [5.41, 5.74) is 6.21. The van der Waals surface area contributed by atoms with Crippen molar-refractivity contribution in [3.63, 3.8) is 0 Å². The van der Waals surface area contributed by atoms with Crippen molar-refractivity contribution in [1.82, 2.24) is 9.97 Å². The fourth-order valence-electron chi connectivity index (χ4n) is 6.80. The molecule has 0 aliphatic heterocycles. The summed E-state index contributed by atoms with van der Waals surface area (Å²) in [6.45, 7) is 14.6. The van der Waals surface area contributed by atoms with Gasteiger partial charge in [-0.15, -0.1) is 6.58 Å². The normalized spacial score (nSPS) is 18.9. The molecule has 0 radical (unpaired) electrons. The van der Waals surface area contributed by atoms with Gasteiger partial charge in [-0.1, -0.05) is 75.8 Å². The van der Waals surface area contributed by atoms with Gasteiger partial charge in [-0.2, -0.15) is 0 Å². The van der Waals surface area contributed by atoms with Crippen molar-refractivity contribution in [2.24, 2.45) is 17.3 Å². The van der Waals surface area contributed by atoms with Crippen LogP contribution in [0.1, 0.15) is 95.2 Å². The molecule has 0 bridgehead atoms. The summed E-state index contributed by atoms with van der Waals surface area (Å²) >= 11 is 0. The van der Waals surface area contributed by atoms with E-state index < -0.39 is 11.3 Å². The van der Waals surface area contributed by atoms with E-state index in [0.29, 0.717) is 36.3 Å². The Bertz CT molecular complexity index is 1550. The predicted octanol–water partition coefficient (Wildman–Crippen LogP) is 10.7. The van der Waals surface area contributed by atoms with Gasteiger partial charge in [0.2, 0.25) is 0 Å². The lowest BCUT2D eigenvalue weighted by Crippen LogP contribution is -2.28. The number of benzene rings is 2. The van der Waals surface area contributed by atoms with Crippen LogP contribution in [-0.2, 0) is 17.6 Å². The molecule has 2 aromatic carbocycles. The molecule has 1 heterocycles. The first-order valence-electron chi connectivity index (χ1n) is 16.9. The Morgan fingerprint density at radius 2 is 1.74 bits per heavy atom. The molecule has 0 saturated heterocycles. The molecule has 3 aromatic rings. The van der Waals surface area contributed by atoms with Crippen LogP contribution < -0.4 is 0 Å². The van der Waals surface area contributed by atoms with Gasteiger partial charge >= 0.3 is 0 Å². The lowest BCUT2D eigenvalue weighted by molar-refractivity contribution is -0.0564. The van der Waals surface area contributed by atoms with Crippen LogP contribution in [0.5, 0.6) is 0 Å². The lowest BCUT2D eigenvalue weighted by atomic mass is 9.78. The summed E-state index contributed by atoms with van der Waals surface area (Å²) in [6.07, 6.45) is 17.3. The molecule has 0 unspecified atom stereocenters. The Morgan fingerprint density at radius 1 is 1.06 bits per heavy atom. The minimum absolute atomic E-state index is 0. The number of halogens is 3. The highest BCUT2D eigenvalue weighted by Crippen LogP contribution is 2.61. The third-order valence-electron chi connectivity index (χ3n) is 9.97. The minimum Gasteiger partial charge on any atom is -0.500 e. The number of hydrogen-bond acceptors (Lipinski definition) is 3. The summed E-state index contributed by atoms with van der Waals surface area (Å²) in [4.78, 5) is 9.45. The molecule has 4 nitrogen and oxygen atoms in total. The number of aryl methyl sites for hydroxylation is 2. The third-order valence-corrected chi connectivity index (χ3v) is 9.97. The van der Waals surface area contributed by atoms with Gasteiger partial charge in [-0.3, -0.25) is 4.98 Å². The van der Waals surface area contributed by atoms with Crippen molar-refractivity contribution in [3.8, 4) is 11.3 Å². The topological polar surface area (TPSA) is 66.5 Å². The van der Waals surface area contributed by atoms with Crippen molar-refractivity contribution in [2.75, 3.05) is 7.11 Å². The molecule has 2 aliphatic rings. The highest BCUT2D eigenvalue weighted by Gasteiger charge is 2.62.